The van der Waals surface area contributed by atoms with Crippen molar-refractivity contribution in [3.05, 3.63) is 40.8 Å². The summed E-state index contributed by atoms with van der Waals surface area (Å²) in [6.07, 6.45) is 3.48. The third kappa shape index (κ3) is 3.47. The van der Waals surface area contributed by atoms with E-state index in [-0.39, 0.29) is 11.2 Å². The molecule has 1 aliphatic carbocycles. The fraction of sp³-hybridized carbons (Fsp3) is 0.400. The van der Waals surface area contributed by atoms with Gasteiger partial charge in [0, 0.05) is 11.3 Å². The van der Waals surface area contributed by atoms with Crippen molar-refractivity contribution >= 4 is 17.5 Å². The topological polar surface area (TPSA) is 17.1 Å². The van der Waals surface area contributed by atoms with E-state index in [1.807, 2.05) is 6.08 Å². The Morgan fingerprint density at radius 3 is 2.35 bits per heavy atom. The molecule has 0 radical (unpaired) electrons. The van der Waals surface area contributed by atoms with Crippen LogP contribution in [-0.2, 0) is 4.79 Å². The Bertz CT molecular complexity index is 454. The first kappa shape index (κ1) is 12.4. The number of rotatable bonds is 2. The summed E-state index contributed by atoms with van der Waals surface area (Å²) in [7, 11) is 0. The molecule has 1 nitrogen and oxygen atoms in total. The predicted molar refractivity (Wildman–Crippen MR) is 73.1 cm³/mol. The van der Waals surface area contributed by atoms with Crippen LogP contribution < -0.4 is 0 Å². The third-order valence-electron chi connectivity index (χ3n) is 2.90. The molecule has 0 amide bonds. The monoisotopic (exact) mass is 246 g/mol. The summed E-state index contributed by atoms with van der Waals surface area (Å²) in [5.74, 6) is 0.260. The van der Waals surface area contributed by atoms with E-state index >= 15 is 0 Å². The standard InChI is InChI=1S/C15H18OS/c1-11-4-6-13(7-5-11)17-14-8-12(16)9-15(2,3)10-14/h4-8H,9-10H2,1-3H3. The minimum atomic E-state index is 0.110. The molecule has 0 unspecified atom stereocenters. The molecule has 0 spiro atoms. The van der Waals surface area contributed by atoms with Crippen LogP contribution in [0.4, 0.5) is 0 Å². The van der Waals surface area contributed by atoms with Gasteiger partial charge in [-0.1, -0.05) is 43.3 Å². The fourth-order valence-electron chi connectivity index (χ4n) is 2.11. The summed E-state index contributed by atoms with van der Waals surface area (Å²) in [6.45, 7) is 6.40. The zero-order chi connectivity index (χ0) is 12.5. The van der Waals surface area contributed by atoms with Crippen molar-refractivity contribution < 1.29 is 4.79 Å². The molecule has 90 valence electrons. The first-order valence-electron chi connectivity index (χ1n) is 5.93. The Morgan fingerprint density at radius 1 is 1.12 bits per heavy atom. The van der Waals surface area contributed by atoms with Crippen LogP contribution in [-0.4, -0.2) is 5.78 Å². The Morgan fingerprint density at radius 2 is 1.76 bits per heavy atom. The molecular weight excluding hydrogens is 228 g/mol. The van der Waals surface area contributed by atoms with Gasteiger partial charge >= 0.3 is 0 Å². The minimum Gasteiger partial charge on any atom is -0.295 e. The normalized spacial score (nSPS) is 19.0. The average molecular weight is 246 g/mol. The lowest BCUT2D eigenvalue weighted by Crippen LogP contribution is -2.20. The van der Waals surface area contributed by atoms with Crippen molar-refractivity contribution in [2.75, 3.05) is 0 Å². The van der Waals surface area contributed by atoms with Gasteiger partial charge in [-0.25, -0.2) is 0 Å². The molecule has 0 heterocycles. The third-order valence-corrected chi connectivity index (χ3v) is 3.93. The maximum absolute atomic E-state index is 11.6. The maximum atomic E-state index is 11.6. The predicted octanol–water partition coefficient (Wildman–Crippen LogP) is 4.36. The van der Waals surface area contributed by atoms with Gasteiger partial charge in [-0.05, 0) is 41.9 Å². The van der Waals surface area contributed by atoms with Gasteiger partial charge in [-0.3, -0.25) is 4.79 Å². The second kappa shape index (κ2) is 4.69. The molecule has 0 fully saturated rings. The number of hydrogen-bond donors (Lipinski definition) is 0. The highest BCUT2D eigenvalue weighted by molar-refractivity contribution is 8.03. The molecule has 0 aliphatic heterocycles. The van der Waals surface area contributed by atoms with Crippen LogP contribution in [0.2, 0.25) is 0 Å². The van der Waals surface area contributed by atoms with E-state index in [0.717, 1.165) is 6.42 Å². The van der Waals surface area contributed by atoms with Crippen molar-refractivity contribution in [2.24, 2.45) is 5.41 Å². The number of aryl methyl sites for hydroxylation is 1. The molecule has 1 aromatic rings. The van der Waals surface area contributed by atoms with E-state index in [1.165, 1.54) is 15.4 Å². The van der Waals surface area contributed by atoms with Gasteiger partial charge in [0.25, 0.3) is 0 Å². The molecule has 0 N–H and O–H groups in total. The molecule has 0 saturated heterocycles. The molecule has 0 bridgehead atoms. The van der Waals surface area contributed by atoms with E-state index in [1.54, 1.807) is 11.8 Å². The van der Waals surface area contributed by atoms with Crippen molar-refractivity contribution in [3.63, 3.8) is 0 Å². The summed E-state index contributed by atoms with van der Waals surface area (Å²) >= 11 is 1.72. The second-order valence-corrected chi connectivity index (χ2v) is 6.71. The fourth-order valence-corrected chi connectivity index (χ4v) is 3.34. The Labute approximate surface area is 107 Å². The van der Waals surface area contributed by atoms with Gasteiger partial charge in [-0.2, -0.15) is 0 Å². The highest BCUT2D eigenvalue weighted by atomic mass is 32.2. The maximum Gasteiger partial charge on any atom is 0.157 e. The minimum absolute atomic E-state index is 0.110. The zero-order valence-electron chi connectivity index (χ0n) is 10.6. The average Bonchev–Trinajstić information content (AvgIpc) is 2.18. The molecule has 0 atom stereocenters. The Hall–Kier alpha value is -1.02. The van der Waals surface area contributed by atoms with Gasteiger partial charge in [0.05, 0.1) is 0 Å². The molecule has 1 aliphatic rings. The number of carbonyl (C=O) groups excluding carboxylic acids is 1. The first-order valence-corrected chi connectivity index (χ1v) is 6.74. The van der Waals surface area contributed by atoms with Gasteiger partial charge in [-0.15, -0.1) is 0 Å². The van der Waals surface area contributed by atoms with E-state index < -0.39 is 0 Å². The highest BCUT2D eigenvalue weighted by Crippen LogP contribution is 2.40. The van der Waals surface area contributed by atoms with Gasteiger partial charge in [0.15, 0.2) is 5.78 Å². The lowest BCUT2D eigenvalue weighted by molar-refractivity contribution is -0.116. The zero-order valence-corrected chi connectivity index (χ0v) is 11.4. The Balaban J connectivity index is 2.13. The smallest absolute Gasteiger partial charge is 0.157 e. The van der Waals surface area contributed by atoms with Crippen LogP contribution in [0.25, 0.3) is 0 Å². The SMILES string of the molecule is Cc1ccc(SC2=CC(=O)CC(C)(C)C2)cc1. The lowest BCUT2D eigenvalue weighted by Gasteiger charge is -2.28. The molecule has 0 saturated carbocycles. The molecule has 0 aromatic heterocycles. The van der Waals surface area contributed by atoms with Crippen molar-refractivity contribution in [3.8, 4) is 0 Å². The first-order chi connectivity index (χ1) is 7.94. The molecule has 2 rings (SSSR count). The number of hydrogen-bond acceptors (Lipinski definition) is 2. The Kier molecular flexibility index (Phi) is 3.43. The second-order valence-electron chi connectivity index (χ2n) is 5.51. The van der Waals surface area contributed by atoms with Crippen molar-refractivity contribution in [1.29, 1.82) is 0 Å². The number of allylic oxidation sites excluding steroid dienone is 2. The number of thioether (sulfide) groups is 1. The lowest BCUT2D eigenvalue weighted by atomic mass is 9.80. The summed E-state index contributed by atoms with van der Waals surface area (Å²) in [4.78, 5) is 14.0. The summed E-state index contributed by atoms with van der Waals surface area (Å²) in [5.41, 5.74) is 1.38. The number of benzene rings is 1. The van der Waals surface area contributed by atoms with E-state index in [9.17, 15) is 4.79 Å². The van der Waals surface area contributed by atoms with Crippen LogP contribution >= 0.6 is 11.8 Å². The number of carbonyl (C=O) groups is 1. The van der Waals surface area contributed by atoms with Crippen LogP contribution in [0.15, 0.2) is 40.1 Å². The molecule has 2 heteroatoms. The molecule has 17 heavy (non-hydrogen) atoms. The van der Waals surface area contributed by atoms with Gasteiger partial charge in [0.2, 0.25) is 0 Å². The van der Waals surface area contributed by atoms with E-state index in [0.29, 0.717) is 6.42 Å². The van der Waals surface area contributed by atoms with Crippen LogP contribution in [0.5, 0.6) is 0 Å². The van der Waals surface area contributed by atoms with Crippen molar-refractivity contribution in [1.82, 2.24) is 0 Å². The molecular formula is C15H18OS. The quantitative estimate of drug-likeness (QED) is 0.771. The summed E-state index contributed by atoms with van der Waals surface area (Å²) < 4.78 is 0. The largest absolute Gasteiger partial charge is 0.295 e. The van der Waals surface area contributed by atoms with E-state index in [2.05, 4.69) is 45.0 Å². The van der Waals surface area contributed by atoms with Gasteiger partial charge < -0.3 is 0 Å². The van der Waals surface area contributed by atoms with Crippen LogP contribution in [0.3, 0.4) is 0 Å². The summed E-state index contributed by atoms with van der Waals surface area (Å²) in [6, 6.07) is 8.46. The van der Waals surface area contributed by atoms with E-state index in [4.69, 9.17) is 0 Å². The summed E-state index contributed by atoms with van der Waals surface area (Å²) in [5, 5.41) is 0. The van der Waals surface area contributed by atoms with Gasteiger partial charge in [0.1, 0.15) is 0 Å². The molecule has 1 aromatic carbocycles. The van der Waals surface area contributed by atoms with Crippen LogP contribution in [0, 0.1) is 12.3 Å². The number of ketones is 1. The van der Waals surface area contributed by atoms with Crippen LogP contribution in [0.1, 0.15) is 32.3 Å². The van der Waals surface area contributed by atoms with Crippen molar-refractivity contribution in [2.45, 2.75) is 38.5 Å². The highest BCUT2D eigenvalue weighted by Gasteiger charge is 2.27.